The molecule has 0 bridgehead atoms. The van der Waals surface area contributed by atoms with Gasteiger partial charge in [-0.1, -0.05) is 25.0 Å². The lowest BCUT2D eigenvalue weighted by atomic mass is 10.1. The second-order valence-electron chi connectivity index (χ2n) is 8.81. The molecule has 1 aromatic carbocycles. The van der Waals surface area contributed by atoms with Crippen LogP contribution in [-0.4, -0.2) is 85.7 Å². The predicted octanol–water partition coefficient (Wildman–Crippen LogP) is 2.67. The Morgan fingerprint density at radius 3 is 2.71 bits per heavy atom. The SMILES string of the molecule is O=C(CN1CCCCCCOc2ccccc2Nc2ncccc2C1=O)NCCN1CCOCC1. The Morgan fingerprint density at radius 1 is 1.00 bits per heavy atom. The van der Waals surface area contributed by atoms with Crippen molar-refractivity contribution in [3.8, 4) is 5.75 Å². The molecule has 1 saturated heterocycles. The molecule has 2 amide bonds. The number of amides is 2. The largest absolute Gasteiger partial charge is 0.491 e. The van der Waals surface area contributed by atoms with E-state index in [4.69, 9.17) is 9.47 Å². The second kappa shape index (κ2) is 13.1. The van der Waals surface area contributed by atoms with Gasteiger partial charge in [-0.3, -0.25) is 14.5 Å². The summed E-state index contributed by atoms with van der Waals surface area (Å²) in [6.07, 6.45) is 5.37. The number of pyridine rings is 1. The number of hydrogen-bond acceptors (Lipinski definition) is 7. The van der Waals surface area contributed by atoms with Crippen LogP contribution in [0, 0.1) is 0 Å². The molecule has 0 aliphatic carbocycles. The van der Waals surface area contributed by atoms with Crippen LogP contribution >= 0.6 is 0 Å². The van der Waals surface area contributed by atoms with E-state index in [0.717, 1.165) is 70.0 Å². The summed E-state index contributed by atoms with van der Waals surface area (Å²) in [6.45, 7) is 5.72. The number of morpholine rings is 1. The van der Waals surface area contributed by atoms with Gasteiger partial charge in [0.05, 0.1) is 37.6 Å². The van der Waals surface area contributed by atoms with Crippen LogP contribution in [0.5, 0.6) is 5.75 Å². The van der Waals surface area contributed by atoms with E-state index < -0.39 is 0 Å². The molecule has 2 aromatic rings. The zero-order chi connectivity index (χ0) is 24.3. The van der Waals surface area contributed by atoms with E-state index in [-0.39, 0.29) is 18.4 Å². The van der Waals surface area contributed by atoms with Crippen LogP contribution in [-0.2, 0) is 9.53 Å². The van der Waals surface area contributed by atoms with Gasteiger partial charge < -0.3 is 25.0 Å². The Bertz CT molecular complexity index is 980. The van der Waals surface area contributed by atoms with Crippen LogP contribution in [0.4, 0.5) is 11.5 Å². The summed E-state index contributed by atoms with van der Waals surface area (Å²) in [5.74, 6) is 0.817. The molecule has 2 aliphatic heterocycles. The molecule has 2 aliphatic rings. The maximum absolute atomic E-state index is 13.6. The molecule has 1 fully saturated rings. The summed E-state index contributed by atoms with van der Waals surface area (Å²) in [6, 6.07) is 11.1. The molecule has 4 rings (SSSR count). The first-order valence-electron chi connectivity index (χ1n) is 12.5. The average molecular weight is 482 g/mol. The predicted molar refractivity (Wildman–Crippen MR) is 134 cm³/mol. The fraction of sp³-hybridized carbons (Fsp3) is 0.500. The normalized spacial score (nSPS) is 17.8. The minimum atomic E-state index is -0.209. The third-order valence-corrected chi connectivity index (χ3v) is 6.23. The Balaban J connectivity index is 1.46. The van der Waals surface area contributed by atoms with Crippen LogP contribution in [0.15, 0.2) is 42.6 Å². The van der Waals surface area contributed by atoms with Crippen molar-refractivity contribution in [2.24, 2.45) is 0 Å². The number of nitrogens with zero attached hydrogens (tertiary/aromatic N) is 3. The lowest BCUT2D eigenvalue weighted by molar-refractivity contribution is -0.121. The Labute approximate surface area is 206 Å². The number of carbonyl (C=O) groups excluding carboxylic acids is 2. The van der Waals surface area contributed by atoms with Crippen molar-refractivity contribution in [3.05, 3.63) is 48.2 Å². The van der Waals surface area contributed by atoms with E-state index in [2.05, 4.69) is 20.5 Å². The number of anilines is 2. The van der Waals surface area contributed by atoms with Crippen LogP contribution < -0.4 is 15.4 Å². The molecule has 0 spiro atoms. The molecule has 0 radical (unpaired) electrons. The molecule has 9 nitrogen and oxygen atoms in total. The van der Waals surface area contributed by atoms with Crippen molar-refractivity contribution in [3.63, 3.8) is 0 Å². The maximum atomic E-state index is 13.6. The summed E-state index contributed by atoms with van der Waals surface area (Å²) in [7, 11) is 0. The number of carbonyl (C=O) groups is 2. The van der Waals surface area contributed by atoms with E-state index in [1.807, 2.05) is 24.3 Å². The monoisotopic (exact) mass is 481 g/mol. The van der Waals surface area contributed by atoms with Crippen LogP contribution in [0.1, 0.15) is 36.0 Å². The van der Waals surface area contributed by atoms with Crippen molar-refractivity contribution in [1.82, 2.24) is 20.1 Å². The zero-order valence-electron chi connectivity index (χ0n) is 20.2. The molecular formula is C26H35N5O4. The summed E-state index contributed by atoms with van der Waals surface area (Å²) >= 11 is 0. The average Bonchev–Trinajstić information content (AvgIpc) is 2.88. The maximum Gasteiger partial charge on any atom is 0.258 e. The van der Waals surface area contributed by atoms with E-state index in [0.29, 0.717) is 31.1 Å². The van der Waals surface area contributed by atoms with Gasteiger partial charge in [0.2, 0.25) is 5.91 Å². The van der Waals surface area contributed by atoms with Gasteiger partial charge in [-0.25, -0.2) is 4.98 Å². The molecule has 2 N–H and O–H groups in total. The summed E-state index contributed by atoms with van der Waals surface area (Å²) in [5.41, 5.74) is 1.19. The molecular weight excluding hydrogens is 446 g/mol. The molecule has 3 heterocycles. The smallest absolute Gasteiger partial charge is 0.258 e. The molecule has 35 heavy (non-hydrogen) atoms. The Hall–Kier alpha value is -3.17. The molecule has 0 unspecified atom stereocenters. The first-order chi connectivity index (χ1) is 17.2. The molecule has 188 valence electrons. The topological polar surface area (TPSA) is 96.0 Å². The standard InChI is InChI=1S/C26H35N5O4/c32-24(27-12-14-30-15-18-34-19-16-30)20-31-13-5-1-2-6-17-35-23-10-4-3-9-22(23)29-25-21(26(31)33)8-7-11-28-25/h3-4,7-11H,1-2,5-6,12-20H2,(H,27,32)(H,28,29). The zero-order valence-corrected chi connectivity index (χ0v) is 20.2. The third-order valence-electron chi connectivity index (χ3n) is 6.23. The number of aromatic nitrogens is 1. The minimum absolute atomic E-state index is 0.0238. The van der Waals surface area contributed by atoms with Crippen molar-refractivity contribution in [1.29, 1.82) is 0 Å². The number of benzene rings is 1. The number of rotatable bonds is 5. The summed E-state index contributed by atoms with van der Waals surface area (Å²) < 4.78 is 11.4. The summed E-state index contributed by atoms with van der Waals surface area (Å²) in [5, 5.41) is 6.25. The number of ether oxygens (including phenoxy) is 2. The van der Waals surface area contributed by atoms with E-state index in [9.17, 15) is 9.59 Å². The highest BCUT2D eigenvalue weighted by molar-refractivity contribution is 6.01. The van der Waals surface area contributed by atoms with Crippen LogP contribution in [0.2, 0.25) is 0 Å². The number of hydrogen-bond donors (Lipinski definition) is 2. The van der Waals surface area contributed by atoms with Gasteiger partial charge in [-0.15, -0.1) is 0 Å². The van der Waals surface area contributed by atoms with Crippen molar-refractivity contribution in [2.75, 3.05) is 64.4 Å². The van der Waals surface area contributed by atoms with Crippen molar-refractivity contribution < 1.29 is 19.1 Å². The molecule has 9 heteroatoms. The van der Waals surface area contributed by atoms with E-state index >= 15 is 0 Å². The van der Waals surface area contributed by atoms with Crippen molar-refractivity contribution in [2.45, 2.75) is 25.7 Å². The fourth-order valence-corrected chi connectivity index (χ4v) is 4.27. The van der Waals surface area contributed by atoms with Crippen LogP contribution in [0.25, 0.3) is 0 Å². The highest BCUT2D eigenvalue weighted by Crippen LogP contribution is 2.29. The lowest BCUT2D eigenvalue weighted by Gasteiger charge is -2.27. The summed E-state index contributed by atoms with van der Waals surface area (Å²) in [4.78, 5) is 34.7. The van der Waals surface area contributed by atoms with Gasteiger partial charge in [0, 0.05) is 38.9 Å². The number of nitrogens with one attached hydrogen (secondary N) is 2. The molecule has 0 atom stereocenters. The van der Waals surface area contributed by atoms with Gasteiger partial charge in [-0.05, 0) is 37.1 Å². The lowest BCUT2D eigenvalue weighted by Crippen LogP contribution is -2.45. The first kappa shape index (κ1) is 24.9. The first-order valence-corrected chi connectivity index (χ1v) is 12.5. The highest BCUT2D eigenvalue weighted by Gasteiger charge is 2.23. The quantitative estimate of drug-likeness (QED) is 0.678. The minimum Gasteiger partial charge on any atom is -0.491 e. The van der Waals surface area contributed by atoms with Gasteiger partial charge in [0.25, 0.3) is 5.91 Å². The van der Waals surface area contributed by atoms with Crippen LogP contribution in [0.3, 0.4) is 0 Å². The van der Waals surface area contributed by atoms with Gasteiger partial charge in [0.15, 0.2) is 0 Å². The van der Waals surface area contributed by atoms with E-state index in [1.54, 1.807) is 23.2 Å². The number of fused-ring (bicyclic) bond motifs is 2. The fourth-order valence-electron chi connectivity index (χ4n) is 4.27. The van der Waals surface area contributed by atoms with Gasteiger partial charge in [0.1, 0.15) is 11.6 Å². The number of para-hydroxylation sites is 2. The van der Waals surface area contributed by atoms with Crippen molar-refractivity contribution >= 4 is 23.3 Å². The highest BCUT2D eigenvalue weighted by atomic mass is 16.5. The Kier molecular flexibility index (Phi) is 9.31. The van der Waals surface area contributed by atoms with Gasteiger partial charge >= 0.3 is 0 Å². The second-order valence-corrected chi connectivity index (χ2v) is 8.81. The third kappa shape index (κ3) is 7.40. The van der Waals surface area contributed by atoms with E-state index in [1.165, 1.54) is 0 Å². The van der Waals surface area contributed by atoms with Gasteiger partial charge in [-0.2, -0.15) is 0 Å². The molecule has 0 saturated carbocycles. The molecule has 1 aromatic heterocycles. The Morgan fingerprint density at radius 2 is 1.83 bits per heavy atom.